The molecule has 4 nitrogen and oxygen atoms in total. The molecule has 0 spiro atoms. The molecule has 0 aliphatic carbocycles. The van der Waals surface area contributed by atoms with Crippen molar-refractivity contribution in [2.24, 2.45) is 0 Å². The normalized spacial score (nSPS) is 10.2. The van der Waals surface area contributed by atoms with Crippen molar-refractivity contribution in [2.45, 2.75) is 13.5 Å². The van der Waals surface area contributed by atoms with Crippen molar-refractivity contribution in [3.8, 4) is 0 Å². The van der Waals surface area contributed by atoms with Crippen molar-refractivity contribution in [1.82, 2.24) is 5.32 Å². The molecule has 0 aliphatic heterocycles. The number of carboxylic acid groups (broad SMARTS) is 1. The minimum absolute atomic E-state index is 0.268. The highest BCUT2D eigenvalue weighted by molar-refractivity contribution is 5.90. The van der Waals surface area contributed by atoms with Gasteiger partial charge in [-0.2, -0.15) is 0 Å². The number of hydrogen-bond acceptors (Lipinski definition) is 3. The van der Waals surface area contributed by atoms with Crippen LogP contribution >= 0.6 is 0 Å². The lowest BCUT2D eigenvalue weighted by Gasteiger charge is -1.96. The van der Waals surface area contributed by atoms with Crippen LogP contribution in [0.2, 0.25) is 0 Å². The second-order valence-corrected chi connectivity index (χ2v) is 2.55. The predicted molar refractivity (Wildman–Crippen MR) is 43.2 cm³/mol. The van der Waals surface area contributed by atoms with Crippen LogP contribution in [0.25, 0.3) is 0 Å². The Kier molecular flexibility index (Phi) is 2.50. The highest BCUT2D eigenvalue weighted by Gasteiger charge is 2.16. The molecule has 0 amide bonds. The highest BCUT2D eigenvalue weighted by Crippen LogP contribution is 2.15. The quantitative estimate of drug-likeness (QED) is 0.708. The van der Waals surface area contributed by atoms with E-state index in [1.54, 1.807) is 14.0 Å². The van der Waals surface area contributed by atoms with Crippen LogP contribution in [0.4, 0.5) is 0 Å². The van der Waals surface area contributed by atoms with E-state index in [4.69, 9.17) is 9.52 Å². The molecule has 0 bridgehead atoms. The summed E-state index contributed by atoms with van der Waals surface area (Å²) in [4.78, 5) is 10.7. The monoisotopic (exact) mass is 169 g/mol. The molecule has 0 atom stereocenters. The molecule has 2 N–H and O–H groups in total. The molecule has 1 heterocycles. The molecule has 1 rings (SSSR count). The Labute approximate surface area is 70.2 Å². The SMILES string of the molecule is CNCc1occ(C)c1C(=O)O. The summed E-state index contributed by atoms with van der Waals surface area (Å²) < 4.78 is 5.05. The maximum Gasteiger partial charge on any atom is 0.339 e. The lowest BCUT2D eigenvalue weighted by Crippen LogP contribution is -2.09. The van der Waals surface area contributed by atoms with Gasteiger partial charge in [-0.25, -0.2) is 4.79 Å². The number of rotatable bonds is 3. The second kappa shape index (κ2) is 3.40. The Morgan fingerprint density at radius 2 is 2.42 bits per heavy atom. The van der Waals surface area contributed by atoms with Crippen LogP contribution < -0.4 is 5.32 Å². The van der Waals surface area contributed by atoms with E-state index in [1.807, 2.05) is 0 Å². The molecule has 0 saturated heterocycles. The van der Waals surface area contributed by atoms with Gasteiger partial charge in [0.15, 0.2) is 0 Å². The Morgan fingerprint density at radius 1 is 1.75 bits per heavy atom. The smallest absolute Gasteiger partial charge is 0.339 e. The largest absolute Gasteiger partial charge is 0.478 e. The van der Waals surface area contributed by atoms with Gasteiger partial charge in [0.25, 0.3) is 0 Å². The van der Waals surface area contributed by atoms with Gasteiger partial charge in [-0.15, -0.1) is 0 Å². The fourth-order valence-electron chi connectivity index (χ4n) is 1.08. The first kappa shape index (κ1) is 8.80. The van der Waals surface area contributed by atoms with Crippen LogP contribution in [0.1, 0.15) is 21.7 Å². The summed E-state index contributed by atoms with van der Waals surface area (Å²) in [5.41, 5.74) is 0.928. The summed E-state index contributed by atoms with van der Waals surface area (Å²) in [6.45, 7) is 2.15. The number of hydrogen-bond donors (Lipinski definition) is 2. The maximum atomic E-state index is 10.7. The summed E-state index contributed by atoms with van der Waals surface area (Å²) in [5, 5.41) is 11.6. The summed E-state index contributed by atoms with van der Waals surface area (Å²) in [5.74, 6) is -0.464. The van der Waals surface area contributed by atoms with Gasteiger partial charge in [-0.1, -0.05) is 0 Å². The van der Waals surface area contributed by atoms with Crippen LogP contribution in [0.3, 0.4) is 0 Å². The number of carbonyl (C=O) groups is 1. The third-order valence-electron chi connectivity index (χ3n) is 1.60. The molecule has 0 aliphatic rings. The van der Waals surface area contributed by atoms with Crippen molar-refractivity contribution in [3.05, 3.63) is 23.2 Å². The lowest BCUT2D eigenvalue weighted by atomic mass is 10.1. The van der Waals surface area contributed by atoms with Crippen molar-refractivity contribution in [3.63, 3.8) is 0 Å². The van der Waals surface area contributed by atoms with Gasteiger partial charge in [0.2, 0.25) is 0 Å². The van der Waals surface area contributed by atoms with Crippen molar-refractivity contribution in [1.29, 1.82) is 0 Å². The molecule has 12 heavy (non-hydrogen) atoms. The Balaban J connectivity index is 3.04. The lowest BCUT2D eigenvalue weighted by molar-refractivity contribution is 0.0693. The fraction of sp³-hybridized carbons (Fsp3) is 0.375. The molecule has 0 saturated carbocycles. The van der Waals surface area contributed by atoms with Gasteiger partial charge in [0.05, 0.1) is 12.8 Å². The summed E-state index contributed by atoms with van der Waals surface area (Å²) >= 11 is 0. The van der Waals surface area contributed by atoms with E-state index >= 15 is 0 Å². The topological polar surface area (TPSA) is 62.5 Å². The number of carboxylic acids is 1. The summed E-state index contributed by atoms with van der Waals surface area (Å²) in [6.07, 6.45) is 1.45. The molecule has 1 aromatic heterocycles. The van der Waals surface area contributed by atoms with E-state index in [0.29, 0.717) is 17.9 Å². The number of furan rings is 1. The summed E-state index contributed by atoms with van der Waals surface area (Å²) in [6, 6.07) is 0. The number of nitrogens with one attached hydrogen (secondary N) is 1. The average Bonchev–Trinajstić information content (AvgIpc) is 2.32. The number of aromatic carboxylic acids is 1. The Bertz CT molecular complexity index is 290. The molecule has 0 fully saturated rings. The van der Waals surface area contributed by atoms with E-state index in [9.17, 15) is 4.79 Å². The van der Waals surface area contributed by atoms with E-state index in [0.717, 1.165) is 0 Å². The Hall–Kier alpha value is -1.29. The zero-order valence-electron chi connectivity index (χ0n) is 7.05. The van der Waals surface area contributed by atoms with Crippen LogP contribution in [0.5, 0.6) is 0 Å². The van der Waals surface area contributed by atoms with Crippen LogP contribution in [0, 0.1) is 6.92 Å². The molecule has 0 radical (unpaired) electrons. The minimum atomic E-state index is -0.938. The third-order valence-corrected chi connectivity index (χ3v) is 1.60. The van der Waals surface area contributed by atoms with Crippen molar-refractivity contribution >= 4 is 5.97 Å². The first-order valence-electron chi connectivity index (χ1n) is 3.61. The van der Waals surface area contributed by atoms with E-state index in [1.165, 1.54) is 6.26 Å². The van der Waals surface area contributed by atoms with Crippen molar-refractivity contribution < 1.29 is 14.3 Å². The zero-order valence-corrected chi connectivity index (χ0v) is 7.05. The van der Waals surface area contributed by atoms with E-state index < -0.39 is 5.97 Å². The summed E-state index contributed by atoms with van der Waals surface area (Å²) in [7, 11) is 1.74. The minimum Gasteiger partial charge on any atom is -0.478 e. The van der Waals surface area contributed by atoms with Gasteiger partial charge < -0.3 is 14.8 Å². The molecule has 0 unspecified atom stereocenters. The first-order chi connectivity index (χ1) is 5.66. The predicted octanol–water partition coefficient (Wildman–Crippen LogP) is 1.01. The van der Waals surface area contributed by atoms with Gasteiger partial charge >= 0.3 is 5.97 Å². The number of aryl methyl sites for hydroxylation is 1. The fourth-order valence-corrected chi connectivity index (χ4v) is 1.08. The first-order valence-corrected chi connectivity index (χ1v) is 3.61. The molecule has 4 heteroatoms. The van der Waals surface area contributed by atoms with Crippen LogP contribution in [0.15, 0.2) is 10.7 Å². The van der Waals surface area contributed by atoms with E-state index in [-0.39, 0.29) is 5.56 Å². The highest BCUT2D eigenvalue weighted by atomic mass is 16.4. The standard InChI is InChI=1S/C8H11NO3/c1-5-4-12-6(3-9-2)7(5)8(10)11/h4,9H,3H2,1-2H3,(H,10,11). The van der Waals surface area contributed by atoms with Crippen LogP contribution in [-0.2, 0) is 6.54 Å². The third kappa shape index (κ3) is 1.48. The molecule has 1 aromatic rings. The van der Waals surface area contributed by atoms with Gasteiger partial charge in [0.1, 0.15) is 11.3 Å². The molecular formula is C8H11NO3. The van der Waals surface area contributed by atoms with Crippen molar-refractivity contribution in [2.75, 3.05) is 7.05 Å². The molecule has 0 aromatic carbocycles. The van der Waals surface area contributed by atoms with Gasteiger partial charge in [0, 0.05) is 5.56 Å². The average molecular weight is 169 g/mol. The van der Waals surface area contributed by atoms with Gasteiger partial charge in [-0.3, -0.25) is 0 Å². The van der Waals surface area contributed by atoms with Gasteiger partial charge in [-0.05, 0) is 14.0 Å². The molecular weight excluding hydrogens is 158 g/mol. The molecule has 66 valence electrons. The second-order valence-electron chi connectivity index (χ2n) is 2.55. The van der Waals surface area contributed by atoms with Crippen LogP contribution in [-0.4, -0.2) is 18.1 Å². The Morgan fingerprint density at radius 3 is 2.92 bits per heavy atom. The maximum absolute atomic E-state index is 10.7. The van der Waals surface area contributed by atoms with E-state index in [2.05, 4.69) is 5.32 Å². The zero-order chi connectivity index (χ0) is 9.14.